The first-order valence-corrected chi connectivity index (χ1v) is 5.30. The second kappa shape index (κ2) is 4.85. The molecule has 0 aliphatic carbocycles. The molecule has 0 radical (unpaired) electrons. The van der Waals surface area contributed by atoms with Gasteiger partial charge in [-0.15, -0.1) is 0 Å². The Balaban J connectivity index is 3.80. The van der Waals surface area contributed by atoms with Gasteiger partial charge >= 0.3 is 18.3 Å². The molecule has 0 aliphatic heterocycles. The Kier molecular flexibility index (Phi) is 3.97. The fourth-order valence-electron chi connectivity index (χ4n) is 1.54. The summed E-state index contributed by atoms with van der Waals surface area (Å²) in [6.45, 7) is 2.37. The van der Waals surface area contributed by atoms with Crippen molar-refractivity contribution in [3.63, 3.8) is 0 Å². The van der Waals surface area contributed by atoms with Crippen molar-refractivity contribution < 1.29 is 35.1 Å². The van der Waals surface area contributed by atoms with Gasteiger partial charge in [-0.05, 0) is 13.8 Å². The normalized spacial score (nSPS) is 13.6. The maximum absolute atomic E-state index is 13.2. The highest BCUT2D eigenvalue weighted by atomic mass is 19.4. The van der Waals surface area contributed by atoms with Gasteiger partial charge in [-0.25, -0.2) is 0 Å². The van der Waals surface area contributed by atoms with Crippen LogP contribution in [0.1, 0.15) is 36.8 Å². The van der Waals surface area contributed by atoms with Gasteiger partial charge in [0.1, 0.15) is 11.6 Å². The molecule has 1 aromatic heterocycles. The Morgan fingerprint density at radius 1 is 1.05 bits per heavy atom. The highest BCUT2D eigenvalue weighted by Gasteiger charge is 2.64. The van der Waals surface area contributed by atoms with E-state index in [-0.39, 0.29) is 4.68 Å². The zero-order valence-corrected chi connectivity index (χ0v) is 10.4. The van der Waals surface area contributed by atoms with Crippen LogP contribution >= 0.6 is 0 Å². The fourth-order valence-corrected chi connectivity index (χ4v) is 1.54. The topological polar surface area (TPSA) is 41.6 Å². The van der Waals surface area contributed by atoms with Gasteiger partial charge in [-0.2, -0.15) is 45.5 Å². The summed E-state index contributed by atoms with van der Waals surface area (Å²) in [7, 11) is 0. The molecule has 0 atom stereocenters. The molecular weight excluding hydrogens is 314 g/mol. The molecule has 0 unspecified atom stereocenters. The highest BCUT2D eigenvalue weighted by Crippen LogP contribution is 2.48. The molecule has 1 aromatic rings. The first-order chi connectivity index (χ1) is 9.25. The van der Waals surface area contributed by atoms with E-state index in [2.05, 4.69) is 5.10 Å². The molecule has 0 amide bonds. The molecule has 0 aromatic carbocycles. The number of halogens is 8. The second-order valence-electron chi connectivity index (χ2n) is 4.29. The maximum atomic E-state index is 13.2. The van der Waals surface area contributed by atoms with Gasteiger partial charge in [0.25, 0.3) is 0 Å². The zero-order chi connectivity index (χ0) is 16.8. The lowest BCUT2D eigenvalue weighted by molar-refractivity contribution is -0.292. The summed E-state index contributed by atoms with van der Waals surface area (Å²) in [5, 5.41) is 11.3. The van der Waals surface area contributed by atoms with Crippen LogP contribution in [0.15, 0.2) is 0 Å². The molecule has 21 heavy (non-hydrogen) atoms. The van der Waals surface area contributed by atoms with Crippen molar-refractivity contribution in [2.45, 2.75) is 38.2 Å². The monoisotopic (exact) mass is 321 g/mol. The Hall–Kier alpha value is -1.86. The van der Waals surface area contributed by atoms with Gasteiger partial charge in [-0.3, -0.25) is 4.68 Å². The SMILES string of the molecule is CC(C)n1nc(C(F)(F)C(F)(F)F)c(C(F)(F)F)c1C#N. The Morgan fingerprint density at radius 3 is 1.81 bits per heavy atom. The molecule has 0 fully saturated rings. The van der Waals surface area contributed by atoms with Crippen LogP contribution in [-0.4, -0.2) is 16.0 Å². The average Bonchev–Trinajstić information content (AvgIpc) is 2.66. The van der Waals surface area contributed by atoms with Crippen molar-refractivity contribution in [1.82, 2.24) is 9.78 Å². The Bertz CT molecular complexity index is 573. The predicted molar refractivity (Wildman–Crippen MR) is 52.3 cm³/mol. The summed E-state index contributed by atoms with van der Waals surface area (Å²) in [5.74, 6) is -5.83. The molecule has 1 heterocycles. The molecular formula is C10H7F8N3. The summed E-state index contributed by atoms with van der Waals surface area (Å²) < 4.78 is 102. The summed E-state index contributed by atoms with van der Waals surface area (Å²) >= 11 is 0. The number of nitrogens with zero attached hydrogens (tertiary/aromatic N) is 3. The highest BCUT2D eigenvalue weighted by molar-refractivity contribution is 5.40. The minimum atomic E-state index is -6.27. The minimum Gasteiger partial charge on any atom is -0.251 e. The largest absolute Gasteiger partial charge is 0.459 e. The first-order valence-electron chi connectivity index (χ1n) is 5.30. The van der Waals surface area contributed by atoms with E-state index in [4.69, 9.17) is 5.26 Å². The number of aromatic nitrogens is 2. The molecule has 0 bridgehead atoms. The van der Waals surface area contributed by atoms with Gasteiger partial charge in [0.05, 0.1) is 0 Å². The maximum Gasteiger partial charge on any atom is 0.459 e. The van der Waals surface area contributed by atoms with Crippen LogP contribution in [0.2, 0.25) is 0 Å². The number of hydrogen-bond acceptors (Lipinski definition) is 2. The number of rotatable bonds is 2. The fraction of sp³-hybridized carbons (Fsp3) is 0.600. The molecule has 11 heteroatoms. The van der Waals surface area contributed by atoms with Crippen molar-refractivity contribution >= 4 is 0 Å². The standard InChI is InChI=1S/C10H7F8N3/c1-4(2)21-5(3-19)6(9(13,14)15)7(20-21)8(11,12)10(16,17)18/h4H,1-2H3. The second-order valence-corrected chi connectivity index (χ2v) is 4.29. The third-order valence-electron chi connectivity index (χ3n) is 2.44. The van der Waals surface area contributed by atoms with E-state index >= 15 is 0 Å². The lowest BCUT2D eigenvalue weighted by Crippen LogP contribution is -2.36. The number of hydrogen-bond donors (Lipinski definition) is 0. The molecule has 0 spiro atoms. The van der Waals surface area contributed by atoms with Gasteiger partial charge < -0.3 is 0 Å². The summed E-state index contributed by atoms with van der Waals surface area (Å²) in [4.78, 5) is 0. The number of alkyl halides is 8. The van der Waals surface area contributed by atoms with Crippen LogP contribution < -0.4 is 0 Å². The van der Waals surface area contributed by atoms with Crippen molar-refractivity contribution in [3.05, 3.63) is 17.0 Å². The smallest absolute Gasteiger partial charge is 0.251 e. The molecule has 0 N–H and O–H groups in total. The van der Waals surface area contributed by atoms with Gasteiger partial charge in [0, 0.05) is 6.04 Å². The van der Waals surface area contributed by atoms with Crippen molar-refractivity contribution in [2.75, 3.05) is 0 Å². The van der Waals surface area contributed by atoms with E-state index in [0.717, 1.165) is 6.07 Å². The molecule has 0 aliphatic rings. The van der Waals surface area contributed by atoms with Crippen LogP contribution in [-0.2, 0) is 12.1 Å². The molecule has 0 saturated heterocycles. The van der Waals surface area contributed by atoms with Crippen molar-refractivity contribution in [1.29, 1.82) is 5.26 Å². The zero-order valence-electron chi connectivity index (χ0n) is 10.4. The van der Waals surface area contributed by atoms with Gasteiger partial charge in [0.15, 0.2) is 11.4 Å². The van der Waals surface area contributed by atoms with Gasteiger partial charge in [0.2, 0.25) is 0 Å². The van der Waals surface area contributed by atoms with E-state index < -0.39 is 41.3 Å². The molecule has 1 rings (SSSR count). The third-order valence-corrected chi connectivity index (χ3v) is 2.44. The van der Waals surface area contributed by atoms with Crippen LogP contribution in [0.25, 0.3) is 0 Å². The lowest BCUT2D eigenvalue weighted by Gasteiger charge is -2.19. The molecule has 3 nitrogen and oxygen atoms in total. The minimum absolute atomic E-state index is 0.192. The van der Waals surface area contributed by atoms with E-state index in [1.165, 1.54) is 13.8 Å². The first kappa shape index (κ1) is 17.2. The van der Waals surface area contributed by atoms with Crippen LogP contribution in [0, 0.1) is 11.3 Å². The lowest BCUT2D eigenvalue weighted by atomic mass is 10.1. The van der Waals surface area contributed by atoms with E-state index in [1.807, 2.05) is 0 Å². The van der Waals surface area contributed by atoms with Crippen molar-refractivity contribution in [3.8, 4) is 6.07 Å². The number of nitriles is 1. The van der Waals surface area contributed by atoms with E-state index in [1.54, 1.807) is 0 Å². The average molecular weight is 321 g/mol. The van der Waals surface area contributed by atoms with Crippen LogP contribution in [0.4, 0.5) is 35.1 Å². The molecule has 0 saturated carbocycles. The predicted octanol–water partition coefficient (Wildman–Crippen LogP) is 4.01. The quantitative estimate of drug-likeness (QED) is 0.772. The van der Waals surface area contributed by atoms with Crippen molar-refractivity contribution in [2.24, 2.45) is 0 Å². The van der Waals surface area contributed by atoms with E-state index in [9.17, 15) is 35.1 Å². The summed E-state index contributed by atoms with van der Waals surface area (Å²) in [6, 6.07) is -0.0395. The summed E-state index contributed by atoms with van der Waals surface area (Å²) in [5.41, 5.74) is -6.29. The Morgan fingerprint density at radius 2 is 1.52 bits per heavy atom. The van der Waals surface area contributed by atoms with E-state index in [0.29, 0.717) is 0 Å². The van der Waals surface area contributed by atoms with Crippen LogP contribution in [0.5, 0.6) is 0 Å². The molecule has 118 valence electrons. The summed E-state index contributed by atoms with van der Waals surface area (Å²) in [6.07, 6.45) is -11.8. The third kappa shape index (κ3) is 2.79. The van der Waals surface area contributed by atoms with Crippen LogP contribution in [0.3, 0.4) is 0 Å². The van der Waals surface area contributed by atoms with Gasteiger partial charge in [-0.1, -0.05) is 0 Å². The Labute approximate surface area is 112 Å².